The Labute approximate surface area is 87.0 Å². The van der Waals surface area contributed by atoms with E-state index in [2.05, 4.69) is 22.5 Å². The summed E-state index contributed by atoms with van der Waals surface area (Å²) in [5, 5.41) is 5.88. The van der Waals surface area contributed by atoms with Crippen LogP contribution in [0.3, 0.4) is 0 Å². The first-order chi connectivity index (χ1) is 6.31. The maximum absolute atomic E-state index is 11.6. The number of carbonyl (C=O) groups excluding carboxylic acids is 1. The molecule has 4 nitrogen and oxygen atoms in total. The van der Waals surface area contributed by atoms with Gasteiger partial charge in [0.15, 0.2) is 0 Å². The van der Waals surface area contributed by atoms with Crippen LogP contribution in [0.2, 0.25) is 0 Å². The number of nitrogens with one attached hydrogen (secondary N) is 2. The van der Waals surface area contributed by atoms with Crippen molar-refractivity contribution in [1.29, 1.82) is 0 Å². The van der Waals surface area contributed by atoms with E-state index in [1.165, 1.54) is 0 Å². The van der Waals surface area contributed by atoms with Gasteiger partial charge in [0.2, 0.25) is 5.91 Å². The highest BCUT2D eigenvalue weighted by atomic mass is 16.2. The van der Waals surface area contributed by atoms with E-state index in [1.807, 2.05) is 27.9 Å². The molecule has 0 spiro atoms. The molecular formula is C10H23N3O. The normalized spacial score (nSPS) is 14.2. The van der Waals surface area contributed by atoms with Crippen LogP contribution in [0.1, 0.15) is 20.8 Å². The summed E-state index contributed by atoms with van der Waals surface area (Å²) in [6.45, 7) is 6.48. The van der Waals surface area contributed by atoms with Gasteiger partial charge >= 0.3 is 0 Å². The largest absolute Gasteiger partial charge is 0.353 e. The molecule has 0 fully saturated rings. The number of hydrogen-bond acceptors (Lipinski definition) is 3. The third-order valence-corrected chi connectivity index (χ3v) is 2.63. The molecule has 0 aromatic heterocycles. The van der Waals surface area contributed by atoms with E-state index in [-0.39, 0.29) is 5.91 Å². The zero-order chi connectivity index (χ0) is 11.4. The van der Waals surface area contributed by atoms with E-state index in [4.69, 9.17) is 0 Å². The average molecular weight is 201 g/mol. The van der Waals surface area contributed by atoms with Gasteiger partial charge < -0.3 is 15.5 Å². The van der Waals surface area contributed by atoms with E-state index in [1.54, 1.807) is 7.05 Å². The molecule has 0 aliphatic rings. The molecule has 0 rings (SSSR count). The van der Waals surface area contributed by atoms with Crippen LogP contribution in [0.25, 0.3) is 0 Å². The average Bonchev–Trinajstić information content (AvgIpc) is 2.13. The molecule has 84 valence electrons. The summed E-state index contributed by atoms with van der Waals surface area (Å²) >= 11 is 0. The Balaban J connectivity index is 3.97. The van der Waals surface area contributed by atoms with Gasteiger partial charge in [-0.15, -0.1) is 0 Å². The Bertz CT molecular complexity index is 190. The molecule has 0 aliphatic heterocycles. The number of nitrogens with zero attached hydrogens (tertiary/aromatic N) is 1. The lowest BCUT2D eigenvalue weighted by molar-refractivity contribution is -0.126. The summed E-state index contributed by atoms with van der Waals surface area (Å²) < 4.78 is 0. The van der Waals surface area contributed by atoms with Crippen molar-refractivity contribution in [3.05, 3.63) is 0 Å². The molecule has 4 heteroatoms. The number of carbonyl (C=O) groups is 1. The van der Waals surface area contributed by atoms with Crippen LogP contribution in [0, 0.1) is 0 Å². The first-order valence-corrected chi connectivity index (χ1v) is 4.95. The van der Waals surface area contributed by atoms with Crippen molar-refractivity contribution < 1.29 is 4.79 Å². The van der Waals surface area contributed by atoms with Gasteiger partial charge in [-0.2, -0.15) is 0 Å². The second kappa shape index (κ2) is 5.32. The van der Waals surface area contributed by atoms with Crippen LogP contribution < -0.4 is 10.6 Å². The van der Waals surface area contributed by atoms with Crippen molar-refractivity contribution in [1.82, 2.24) is 15.5 Å². The zero-order valence-corrected chi connectivity index (χ0v) is 10.1. The molecule has 0 heterocycles. The first kappa shape index (κ1) is 13.4. The van der Waals surface area contributed by atoms with Crippen molar-refractivity contribution in [2.24, 2.45) is 0 Å². The lowest BCUT2D eigenvalue weighted by Gasteiger charge is -2.25. The smallest absolute Gasteiger partial charge is 0.239 e. The van der Waals surface area contributed by atoms with Crippen molar-refractivity contribution in [3.8, 4) is 0 Å². The molecule has 0 saturated heterocycles. The van der Waals surface area contributed by atoms with Gasteiger partial charge in [-0.1, -0.05) is 0 Å². The fraction of sp³-hybridized carbons (Fsp3) is 0.900. The molecule has 1 amide bonds. The molecule has 0 radical (unpaired) electrons. The van der Waals surface area contributed by atoms with Crippen LogP contribution >= 0.6 is 0 Å². The number of rotatable bonds is 5. The fourth-order valence-corrected chi connectivity index (χ4v) is 0.757. The van der Waals surface area contributed by atoms with Gasteiger partial charge in [-0.05, 0) is 41.9 Å². The minimum Gasteiger partial charge on any atom is -0.353 e. The molecule has 1 unspecified atom stereocenters. The standard InChI is InChI=1S/C10H23N3O/c1-8(13(5)6)7-12-9(14)10(2,3)11-4/h8,11H,7H2,1-6H3,(H,12,14). The zero-order valence-electron chi connectivity index (χ0n) is 10.1. The van der Waals surface area contributed by atoms with Crippen LogP contribution in [-0.4, -0.2) is 50.1 Å². The predicted molar refractivity (Wildman–Crippen MR) is 59.3 cm³/mol. The third-order valence-electron chi connectivity index (χ3n) is 2.63. The summed E-state index contributed by atoms with van der Waals surface area (Å²) in [7, 11) is 5.79. The summed E-state index contributed by atoms with van der Waals surface area (Å²) in [4.78, 5) is 13.7. The number of likely N-dealkylation sites (N-methyl/N-ethyl adjacent to an activating group) is 2. The highest BCUT2D eigenvalue weighted by Crippen LogP contribution is 2.00. The Hall–Kier alpha value is -0.610. The molecule has 1 atom stereocenters. The fourth-order valence-electron chi connectivity index (χ4n) is 0.757. The minimum atomic E-state index is -0.494. The highest BCUT2D eigenvalue weighted by molar-refractivity contribution is 5.85. The van der Waals surface area contributed by atoms with E-state index in [9.17, 15) is 4.79 Å². The molecule has 0 bridgehead atoms. The van der Waals surface area contributed by atoms with Crippen LogP contribution in [0.15, 0.2) is 0 Å². The quantitative estimate of drug-likeness (QED) is 0.660. The maximum Gasteiger partial charge on any atom is 0.239 e. The highest BCUT2D eigenvalue weighted by Gasteiger charge is 2.24. The number of hydrogen-bond donors (Lipinski definition) is 2. The van der Waals surface area contributed by atoms with Gasteiger partial charge in [0.25, 0.3) is 0 Å². The molecule has 0 aromatic rings. The minimum absolute atomic E-state index is 0.0358. The summed E-state index contributed by atoms with van der Waals surface area (Å²) in [5.74, 6) is 0.0358. The van der Waals surface area contributed by atoms with Crippen molar-refractivity contribution in [2.75, 3.05) is 27.7 Å². The van der Waals surface area contributed by atoms with E-state index >= 15 is 0 Å². The Morgan fingerprint density at radius 2 is 1.93 bits per heavy atom. The molecule has 2 N–H and O–H groups in total. The molecule has 14 heavy (non-hydrogen) atoms. The van der Waals surface area contributed by atoms with Gasteiger partial charge in [0, 0.05) is 12.6 Å². The third kappa shape index (κ3) is 4.07. The van der Waals surface area contributed by atoms with E-state index in [0.29, 0.717) is 12.6 Å². The van der Waals surface area contributed by atoms with Crippen molar-refractivity contribution in [3.63, 3.8) is 0 Å². The second-order valence-electron chi connectivity index (χ2n) is 4.40. The van der Waals surface area contributed by atoms with Gasteiger partial charge in [0.1, 0.15) is 0 Å². The SMILES string of the molecule is CNC(C)(C)C(=O)NCC(C)N(C)C. The van der Waals surface area contributed by atoms with Crippen LogP contribution in [-0.2, 0) is 4.79 Å². The lowest BCUT2D eigenvalue weighted by Crippen LogP contribution is -2.53. The molecule has 0 saturated carbocycles. The molecular weight excluding hydrogens is 178 g/mol. The Morgan fingerprint density at radius 3 is 2.29 bits per heavy atom. The van der Waals surface area contributed by atoms with Crippen LogP contribution in [0.4, 0.5) is 0 Å². The molecule has 0 aromatic carbocycles. The monoisotopic (exact) mass is 201 g/mol. The van der Waals surface area contributed by atoms with Crippen molar-refractivity contribution >= 4 is 5.91 Å². The summed E-state index contributed by atoms with van der Waals surface area (Å²) in [6, 6.07) is 0.353. The first-order valence-electron chi connectivity index (χ1n) is 4.95. The number of amides is 1. The summed E-state index contributed by atoms with van der Waals surface area (Å²) in [5.41, 5.74) is -0.494. The summed E-state index contributed by atoms with van der Waals surface area (Å²) in [6.07, 6.45) is 0. The Morgan fingerprint density at radius 1 is 1.43 bits per heavy atom. The molecule has 0 aliphatic carbocycles. The van der Waals surface area contributed by atoms with E-state index in [0.717, 1.165) is 0 Å². The predicted octanol–water partition coefficient (Wildman–Crippen LogP) is 0.0507. The van der Waals surface area contributed by atoms with Gasteiger partial charge in [0.05, 0.1) is 5.54 Å². The second-order valence-corrected chi connectivity index (χ2v) is 4.40. The lowest BCUT2D eigenvalue weighted by atomic mass is 10.1. The van der Waals surface area contributed by atoms with E-state index < -0.39 is 5.54 Å². The maximum atomic E-state index is 11.6. The van der Waals surface area contributed by atoms with Crippen molar-refractivity contribution in [2.45, 2.75) is 32.4 Å². The van der Waals surface area contributed by atoms with Gasteiger partial charge in [-0.25, -0.2) is 0 Å². The topological polar surface area (TPSA) is 44.4 Å². The Kier molecular flexibility index (Phi) is 5.08. The van der Waals surface area contributed by atoms with Crippen LogP contribution in [0.5, 0.6) is 0 Å². The van der Waals surface area contributed by atoms with Gasteiger partial charge in [-0.3, -0.25) is 4.79 Å².